The van der Waals surface area contributed by atoms with Crippen molar-refractivity contribution in [3.63, 3.8) is 0 Å². The molecule has 22 heavy (non-hydrogen) atoms. The molecule has 0 amide bonds. The molecule has 0 aliphatic carbocycles. The summed E-state index contributed by atoms with van der Waals surface area (Å²) < 4.78 is 13.8. The Labute approximate surface area is 132 Å². The number of nitrogens with one attached hydrogen (secondary N) is 1. The third-order valence-corrected chi connectivity index (χ3v) is 4.55. The number of thiophene rings is 1. The lowest BCUT2D eigenvalue weighted by molar-refractivity contribution is 0.316. The van der Waals surface area contributed by atoms with Crippen molar-refractivity contribution in [2.24, 2.45) is 0 Å². The maximum atomic E-state index is 13.8. The van der Waals surface area contributed by atoms with Crippen LogP contribution >= 0.6 is 11.3 Å². The summed E-state index contributed by atoms with van der Waals surface area (Å²) in [6.07, 6.45) is 1.39. The van der Waals surface area contributed by atoms with Crippen molar-refractivity contribution in [2.45, 2.75) is 6.04 Å². The number of anilines is 1. The molecule has 1 atom stereocenters. The van der Waals surface area contributed by atoms with Gasteiger partial charge >= 0.3 is 0 Å². The molecule has 0 aliphatic rings. The first-order valence-electron chi connectivity index (χ1n) is 6.99. The maximum absolute atomic E-state index is 13.8. The normalized spacial score (nSPS) is 12.7. The molecule has 1 unspecified atom stereocenters. The molecule has 114 valence electrons. The summed E-state index contributed by atoms with van der Waals surface area (Å²) in [6.45, 7) is 0.691. The molecule has 0 aliphatic heterocycles. The van der Waals surface area contributed by atoms with E-state index in [0.717, 1.165) is 0 Å². The van der Waals surface area contributed by atoms with Crippen LogP contribution in [0, 0.1) is 5.82 Å². The third-order valence-electron chi connectivity index (χ3n) is 3.57. The zero-order valence-electron chi connectivity index (χ0n) is 12.5. The molecule has 1 aromatic carbocycles. The van der Waals surface area contributed by atoms with E-state index in [4.69, 9.17) is 0 Å². The topological polar surface area (TPSA) is 41.0 Å². The maximum Gasteiger partial charge on any atom is 0.149 e. The van der Waals surface area contributed by atoms with E-state index in [0.29, 0.717) is 23.3 Å². The molecule has 0 spiro atoms. The van der Waals surface area contributed by atoms with E-state index < -0.39 is 0 Å². The zero-order chi connectivity index (χ0) is 15.5. The van der Waals surface area contributed by atoms with Crippen LogP contribution in [0.15, 0.2) is 42.0 Å². The predicted molar refractivity (Wildman–Crippen MR) is 88.7 cm³/mol. The average molecular weight is 316 g/mol. The lowest BCUT2D eigenvalue weighted by atomic mass is 10.2. The second kappa shape index (κ2) is 6.37. The van der Waals surface area contributed by atoms with Gasteiger partial charge in [-0.2, -0.15) is 0 Å². The molecule has 0 fully saturated rings. The van der Waals surface area contributed by atoms with Crippen LogP contribution < -0.4 is 5.32 Å². The van der Waals surface area contributed by atoms with Gasteiger partial charge in [-0.1, -0.05) is 12.1 Å². The average Bonchev–Trinajstić information content (AvgIpc) is 3.02. The molecular weight excluding hydrogens is 299 g/mol. The van der Waals surface area contributed by atoms with Gasteiger partial charge in [-0.15, -0.1) is 11.3 Å². The Kier molecular flexibility index (Phi) is 4.31. The van der Waals surface area contributed by atoms with Crippen molar-refractivity contribution in [3.8, 4) is 0 Å². The Hall–Kier alpha value is -2.05. The smallest absolute Gasteiger partial charge is 0.149 e. The first-order valence-corrected chi connectivity index (χ1v) is 7.87. The van der Waals surface area contributed by atoms with E-state index in [1.807, 2.05) is 26.2 Å². The van der Waals surface area contributed by atoms with Crippen LogP contribution in [0.3, 0.4) is 0 Å². The van der Waals surface area contributed by atoms with Crippen LogP contribution in [-0.2, 0) is 0 Å². The van der Waals surface area contributed by atoms with Gasteiger partial charge in [0, 0.05) is 16.8 Å². The monoisotopic (exact) mass is 316 g/mol. The van der Waals surface area contributed by atoms with E-state index in [1.54, 1.807) is 17.4 Å². The summed E-state index contributed by atoms with van der Waals surface area (Å²) in [5.41, 5.74) is 0.345. The highest BCUT2D eigenvalue weighted by Crippen LogP contribution is 2.25. The van der Waals surface area contributed by atoms with Crippen LogP contribution in [0.4, 0.5) is 10.2 Å². The van der Waals surface area contributed by atoms with Crippen LogP contribution in [0.25, 0.3) is 10.9 Å². The van der Waals surface area contributed by atoms with Gasteiger partial charge in [-0.25, -0.2) is 14.4 Å². The molecular formula is C16H17FN4S. The number of fused-ring (bicyclic) bond motifs is 1. The van der Waals surface area contributed by atoms with Crippen LogP contribution in [0.2, 0.25) is 0 Å². The number of hydrogen-bond donors (Lipinski definition) is 1. The summed E-state index contributed by atoms with van der Waals surface area (Å²) >= 11 is 1.73. The standard InChI is InChI=1S/C16H17FN4S/c1-21(2)13(14-7-4-8-22-14)9-18-16-11-5-3-6-12(17)15(11)19-10-20-16/h3-8,10,13H,9H2,1-2H3,(H,18,19,20). The Morgan fingerprint density at radius 2 is 2.09 bits per heavy atom. The van der Waals surface area contributed by atoms with Crippen molar-refractivity contribution in [1.29, 1.82) is 0 Å². The SMILES string of the molecule is CN(C)C(CNc1ncnc2c(F)cccc12)c1cccs1. The first kappa shape index (κ1) is 14.9. The molecule has 2 heterocycles. The van der Waals surface area contributed by atoms with Gasteiger partial charge in [0.25, 0.3) is 0 Å². The van der Waals surface area contributed by atoms with Crippen LogP contribution in [0.1, 0.15) is 10.9 Å². The third kappa shape index (κ3) is 2.93. The highest BCUT2D eigenvalue weighted by atomic mass is 32.1. The lowest BCUT2D eigenvalue weighted by Gasteiger charge is -2.24. The van der Waals surface area contributed by atoms with E-state index in [-0.39, 0.29) is 11.9 Å². The number of benzene rings is 1. The van der Waals surface area contributed by atoms with Gasteiger partial charge in [0.2, 0.25) is 0 Å². The number of halogens is 1. The van der Waals surface area contributed by atoms with Gasteiger partial charge in [-0.05, 0) is 37.7 Å². The second-order valence-electron chi connectivity index (χ2n) is 5.23. The van der Waals surface area contributed by atoms with E-state index in [9.17, 15) is 4.39 Å². The molecule has 6 heteroatoms. The van der Waals surface area contributed by atoms with Crippen molar-refractivity contribution in [1.82, 2.24) is 14.9 Å². The molecule has 0 saturated carbocycles. The minimum absolute atomic E-state index is 0.235. The molecule has 3 aromatic rings. The Morgan fingerprint density at radius 1 is 1.23 bits per heavy atom. The number of rotatable bonds is 5. The quantitative estimate of drug-likeness (QED) is 0.781. The fourth-order valence-electron chi connectivity index (χ4n) is 2.40. The Bertz CT molecular complexity index is 758. The van der Waals surface area contributed by atoms with Crippen molar-refractivity contribution in [2.75, 3.05) is 26.0 Å². The summed E-state index contributed by atoms with van der Waals surface area (Å²) in [7, 11) is 4.09. The van der Waals surface area contributed by atoms with Gasteiger partial charge in [0.1, 0.15) is 23.5 Å². The Balaban J connectivity index is 1.86. The molecule has 1 N–H and O–H groups in total. The van der Waals surface area contributed by atoms with Crippen LogP contribution in [-0.4, -0.2) is 35.5 Å². The number of para-hydroxylation sites is 1. The largest absolute Gasteiger partial charge is 0.368 e. The highest BCUT2D eigenvalue weighted by Gasteiger charge is 2.16. The number of hydrogen-bond acceptors (Lipinski definition) is 5. The Morgan fingerprint density at radius 3 is 2.82 bits per heavy atom. The fourth-order valence-corrected chi connectivity index (χ4v) is 3.33. The number of aromatic nitrogens is 2. The minimum Gasteiger partial charge on any atom is -0.368 e. The van der Waals surface area contributed by atoms with Gasteiger partial charge in [0.15, 0.2) is 0 Å². The molecule has 0 radical (unpaired) electrons. The van der Waals surface area contributed by atoms with Crippen molar-refractivity contribution in [3.05, 3.63) is 52.7 Å². The second-order valence-corrected chi connectivity index (χ2v) is 6.21. The van der Waals surface area contributed by atoms with Gasteiger partial charge in [-0.3, -0.25) is 0 Å². The summed E-state index contributed by atoms with van der Waals surface area (Å²) in [6, 6.07) is 9.32. The van der Waals surface area contributed by atoms with E-state index in [2.05, 4.69) is 31.6 Å². The van der Waals surface area contributed by atoms with Crippen molar-refractivity contribution < 1.29 is 4.39 Å². The fraction of sp³-hybridized carbons (Fsp3) is 0.250. The van der Waals surface area contributed by atoms with Crippen molar-refractivity contribution >= 4 is 28.1 Å². The highest BCUT2D eigenvalue weighted by molar-refractivity contribution is 7.10. The van der Waals surface area contributed by atoms with Gasteiger partial charge < -0.3 is 10.2 Å². The predicted octanol–water partition coefficient (Wildman–Crippen LogP) is 3.55. The zero-order valence-corrected chi connectivity index (χ0v) is 13.3. The lowest BCUT2D eigenvalue weighted by Crippen LogP contribution is -2.26. The summed E-state index contributed by atoms with van der Waals surface area (Å²) in [5.74, 6) is 0.332. The summed E-state index contributed by atoms with van der Waals surface area (Å²) in [4.78, 5) is 11.7. The first-order chi connectivity index (χ1) is 10.7. The molecule has 0 bridgehead atoms. The van der Waals surface area contributed by atoms with E-state index >= 15 is 0 Å². The number of nitrogens with zero attached hydrogens (tertiary/aromatic N) is 3. The van der Waals surface area contributed by atoms with E-state index in [1.165, 1.54) is 17.3 Å². The molecule has 0 saturated heterocycles. The molecule has 4 nitrogen and oxygen atoms in total. The molecule has 3 rings (SSSR count). The summed E-state index contributed by atoms with van der Waals surface area (Å²) in [5, 5.41) is 6.10. The molecule has 2 aromatic heterocycles. The van der Waals surface area contributed by atoms with Gasteiger partial charge in [0.05, 0.1) is 6.04 Å². The minimum atomic E-state index is -0.328. The van der Waals surface area contributed by atoms with Crippen LogP contribution in [0.5, 0.6) is 0 Å². The number of likely N-dealkylation sites (N-methyl/N-ethyl adjacent to an activating group) is 1.